The highest BCUT2D eigenvalue weighted by Gasteiger charge is 2.18. The predicted molar refractivity (Wildman–Crippen MR) is 253 cm³/mol. The van der Waals surface area contributed by atoms with Crippen molar-refractivity contribution in [2.75, 3.05) is 93.4 Å². The summed E-state index contributed by atoms with van der Waals surface area (Å²) in [6.45, 7) is 5.38. The summed E-state index contributed by atoms with van der Waals surface area (Å²) < 4.78 is 7.72. The third-order valence-electron chi connectivity index (χ3n) is 10.2. The topological polar surface area (TPSA) is 275 Å². The highest BCUT2D eigenvalue weighted by atomic mass is 127. The molecule has 0 aliphatic carbocycles. The van der Waals surface area contributed by atoms with E-state index in [1.54, 1.807) is 85.9 Å². The SMILES string of the molecule is CN.CNC(=O)c1ccccc1NCCC[N+](C)(C)CCNC(=O)c1ccc(N=[N+]=[N-])cc1.C[N+](C)(CCCn1c(=O)oc(=O)c2ccccc21)CCNC(=O)c1ccc(N=[N+]=[N-])cc1.[I-].[I-]. The van der Waals surface area contributed by atoms with Crippen molar-refractivity contribution in [3.63, 3.8) is 0 Å². The molecule has 0 spiro atoms. The summed E-state index contributed by atoms with van der Waals surface area (Å²) in [5, 5.41) is 19.2. The van der Waals surface area contributed by atoms with Crippen molar-refractivity contribution in [3.05, 3.63) is 156 Å². The first-order chi connectivity index (χ1) is 31.2. The van der Waals surface area contributed by atoms with Crippen LogP contribution >= 0.6 is 0 Å². The highest BCUT2D eigenvalue weighted by Crippen LogP contribution is 2.16. The van der Waals surface area contributed by atoms with Crippen LogP contribution in [0.3, 0.4) is 0 Å². The molecule has 4 aromatic carbocycles. The minimum atomic E-state index is -0.655. The number of para-hydroxylation sites is 2. The number of amides is 3. The van der Waals surface area contributed by atoms with Gasteiger partial charge in [0.2, 0.25) is 0 Å². The number of fused-ring (bicyclic) bond motifs is 1. The largest absolute Gasteiger partial charge is 1.00 e. The number of hydrogen-bond acceptors (Lipinski definition) is 10. The first-order valence-corrected chi connectivity index (χ1v) is 20.9. The molecule has 0 saturated heterocycles. The minimum Gasteiger partial charge on any atom is -1.00 e. The molecule has 0 aliphatic heterocycles. The molecule has 1 aromatic heterocycles. The number of nitrogens with two attached hydrogens (primary N) is 1. The van der Waals surface area contributed by atoms with Gasteiger partial charge in [-0.05, 0) is 66.6 Å². The van der Waals surface area contributed by atoms with Gasteiger partial charge in [-0.15, -0.1) is 0 Å². The molecule has 5 aromatic rings. The molecule has 0 unspecified atom stereocenters. The number of likely N-dealkylation sites (N-methyl/N-ethyl adjacent to an activating group) is 2. The van der Waals surface area contributed by atoms with Crippen molar-refractivity contribution in [2.45, 2.75) is 19.4 Å². The van der Waals surface area contributed by atoms with Crippen LogP contribution in [-0.4, -0.2) is 119 Å². The molecule has 6 N–H and O–H groups in total. The molecule has 67 heavy (non-hydrogen) atoms. The number of hydrogen-bond donors (Lipinski definition) is 5. The lowest BCUT2D eigenvalue weighted by Gasteiger charge is -2.30. The summed E-state index contributed by atoms with van der Waals surface area (Å²) in [7, 11) is 11.5. The fourth-order valence-corrected chi connectivity index (χ4v) is 6.57. The number of aryl methyl sites for hydroxylation is 1. The van der Waals surface area contributed by atoms with E-state index in [0.717, 1.165) is 42.8 Å². The van der Waals surface area contributed by atoms with E-state index in [4.69, 9.17) is 15.5 Å². The lowest BCUT2D eigenvalue weighted by atomic mass is 10.1. The number of halogens is 2. The first kappa shape index (κ1) is 59.0. The van der Waals surface area contributed by atoms with Gasteiger partial charge < -0.3 is 88.3 Å². The van der Waals surface area contributed by atoms with Crippen LogP contribution in [0.2, 0.25) is 0 Å². The van der Waals surface area contributed by atoms with Crippen LogP contribution in [0.25, 0.3) is 31.8 Å². The molecule has 22 heteroatoms. The van der Waals surface area contributed by atoms with Gasteiger partial charge in [-0.3, -0.25) is 19.0 Å². The van der Waals surface area contributed by atoms with Gasteiger partial charge in [-0.2, -0.15) is 0 Å². The average Bonchev–Trinajstić information content (AvgIpc) is 3.30. The second kappa shape index (κ2) is 30.3. The minimum absolute atomic E-state index is 0. The Balaban J connectivity index is 0.000000628. The lowest BCUT2D eigenvalue weighted by molar-refractivity contribution is -0.889. The van der Waals surface area contributed by atoms with Crippen LogP contribution in [0.5, 0.6) is 0 Å². The van der Waals surface area contributed by atoms with Crippen LogP contribution in [0, 0.1) is 0 Å². The van der Waals surface area contributed by atoms with Gasteiger partial charge in [0.15, 0.2) is 0 Å². The first-order valence-electron chi connectivity index (χ1n) is 20.9. The van der Waals surface area contributed by atoms with Crippen molar-refractivity contribution >= 4 is 45.7 Å². The van der Waals surface area contributed by atoms with E-state index in [-0.39, 0.29) is 65.7 Å². The second-order valence-corrected chi connectivity index (χ2v) is 15.8. The summed E-state index contributed by atoms with van der Waals surface area (Å²) in [5.41, 5.74) is 24.7. The van der Waals surface area contributed by atoms with E-state index in [1.807, 2.05) is 32.3 Å². The number of rotatable bonds is 20. The van der Waals surface area contributed by atoms with Gasteiger partial charge >= 0.3 is 11.4 Å². The number of nitrogens with zero attached hydrogens (tertiary/aromatic N) is 9. The fourth-order valence-electron chi connectivity index (χ4n) is 6.57. The molecule has 360 valence electrons. The van der Waals surface area contributed by atoms with Gasteiger partial charge in [-0.1, -0.05) is 58.8 Å². The van der Waals surface area contributed by atoms with Gasteiger partial charge in [0, 0.05) is 71.0 Å². The Labute approximate surface area is 423 Å². The Bertz CT molecular complexity index is 2570. The van der Waals surface area contributed by atoms with Crippen LogP contribution in [0.4, 0.5) is 17.1 Å². The van der Waals surface area contributed by atoms with Crippen LogP contribution in [-0.2, 0) is 6.54 Å². The van der Waals surface area contributed by atoms with Crippen molar-refractivity contribution in [2.24, 2.45) is 16.0 Å². The quantitative estimate of drug-likeness (QED) is 0.0172. The summed E-state index contributed by atoms with van der Waals surface area (Å²) >= 11 is 0. The molecule has 0 aliphatic rings. The molecule has 20 nitrogen and oxygen atoms in total. The monoisotopic (exact) mass is 1150 g/mol. The molecule has 0 fully saturated rings. The van der Waals surface area contributed by atoms with E-state index < -0.39 is 11.4 Å². The Morgan fingerprint density at radius 2 is 1.13 bits per heavy atom. The van der Waals surface area contributed by atoms with Crippen LogP contribution < -0.4 is 86.3 Å². The maximum absolute atomic E-state index is 12.3. The molecular formula is C45H60I2N14O6. The number of azide groups is 2. The lowest BCUT2D eigenvalue weighted by Crippen LogP contribution is -3.00. The zero-order valence-electron chi connectivity index (χ0n) is 38.6. The summed E-state index contributed by atoms with van der Waals surface area (Å²) in [4.78, 5) is 66.0. The van der Waals surface area contributed by atoms with Crippen molar-refractivity contribution in [1.82, 2.24) is 20.5 Å². The Morgan fingerprint density at radius 1 is 0.657 bits per heavy atom. The highest BCUT2D eigenvalue weighted by molar-refractivity contribution is 5.99. The third-order valence-corrected chi connectivity index (χ3v) is 10.2. The predicted octanol–water partition coefficient (Wildman–Crippen LogP) is -0.328. The number of aromatic nitrogens is 1. The van der Waals surface area contributed by atoms with Crippen molar-refractivity contribution in [3.8, 4) is 0 Å². The maximum atomic E-state index is 12.3. The van der Waals surface area contributed by atoms with E-state index >= 15 is 0 Å². The number of nitrogens with one attached hydrogen (secondary N) is 4. The van der Waals surface area contributed by atoms with Crippen LogP contribution in [0.15, 0.2) is 121 Å². The zero-order valence-corrected chi connectivity index (χ0v) is 42.9. The van der Waals surface area contributed by atoms with Gasteiger partial charge in [0.1, 0.15) is 0 Å². The average molecular weight is 1150 g/mol. The second-order valence-electron chi connectivity index (χ2n) is 15.8. The molecule has 0 atom stereocenters. The number of carbonyl (C=O) groups excluding carboxylic acids is 3. The number of carbonyl (C=O) groups is 3. The number of quaternary nitrogens is 2. The standard InChI is InChI=1S/C22H29N7O2.C22H24N6O4.CH5N.2HI/c1-24-22(31)19-7-4-5-8-20(19)25-13-6-15-29(2,3)16-14-26-21(30)17-9-11-18(12-10-17)27-28-23;1-28(2,15-12-24-20(29)16-8-10-17(11-9-16)25-26-23)14-5-13-27-19-7-4-3-6-18(19)21(30)32-22(27)31;1-2;;/h4-5,7-12H,6,13-16H2,1-3H3,(H2-,24,25,26,30,31);3-4,6-11H,5,12-15H2,1-2H3;2H2,1H3;2*1H. The van der Waals surface area contributed by atoms with E-state index in [2.05, 4.69) is 61.1 Å². The molecule has 5 rings (SSSR count). The van der Waals surface area contributed by atoms with Crippen molar-refractivity contribution in [1.29, 1.82) is 0 Å². The molecule has 0 bridgehead atoms. The molecular weight excluding hydrogens is 1090 g/mol. The third kappa shape index (κ3) is 19.8. The normalized spacial score (nSPS) is 10.4. The van der Waals surface area contributed by atoms with Gasteiger partial charge in [-0.25, -0.2) is 9.59 Å². The Kier molecular flexibility index (Phi) is 26.7. The van der Waals surface area contributed by atoms with Gasteiger partial charge in [0.25, 0.3) is 17.7 Å². The summed E-state index contributed by atoms with van der Waals surface area (Å²) in [6.07, 6.45) is 1.61. The van der Waals surface area contributed by atoms with E-state index in [9.17, 15) is 24.0 Å². The molecule has 1 heterocycles. The smallest absolute Gasteiger partial charge is 0.422 e. The molecule has 3 amide bonds. The Hall–Kier alpha value is -6.01. The maximum Gasteiger partial charge on any atom is 0.422 e. The summed E-state index contributed by atoms with van der Waals surface area (Å²) in [5.74, 6) is -1.12. The van der Waals surface area contributed by atoms with Crippen LogP contribution in [0.1, 0.15) is 43.9 Å². The molecule has 0 radical (unpaired) electrons. The Morgan fingerprint density at radius 3 is 1.64 bits per heavy atom. The summed E-state index contributed by atoms with van der Waals surface area (Å²) in [6, 6.07) is 27.3. The fraction of sp³-hybridized carbons (Fsp3) is 0.356. The zero-order chi connectivity index (χ0) is 47.8. The van der Waals surface area contributed by atoms with E-state index in [0.29, 0.717) is 76.1 Å². The van der Waals surface area contributed by atoms with Crippen molar-refractivity contribution < 1.29 is 75.7 Å². The molecule has 0 saturated carbocycles. The van der Waals surface area contributed by atoms with Gasteiger partial charge in [0.05, 0.1) is 83.9 Å². The van der Waals surface area contributed by atoms with E-state index in [1.165, 1.54) is 11.6 Å². The number of anilines is 1. The number of benzene rings is 4.